The van der Waals surface area contributed by atoms with E-state index in [1.54, 1.807) is 0 Å². The lowest BCUT2D eigenvalue weighted by Crippen LogP contribution is -1.89. The van der Waals surface area contributed by atoms with Gasteiger partial charge in [-0.3, -0.25) is 0 Å². The second-order valence-electron chi connectivity index (χ2n) is 15.0. The van der Waals surface area contributed by atoms with Crippen molar-refractivity contribution in [3.63, 3.8) is 0 Å². The molecule has 4 nitrogen and oxygen atoms in total. The molecule has 278 valence electrons. The minimum Gasteiger partial charge on any atom is -0.455 e. The van der Waals surface area contributed by atoms with Crippen LogP contribution in [0.3, 0.4) is 0 Å². The molecule has 0 radical (unpaired) electrons. The predicted octanol–water partition coefficient (Wildman–Crippen LogP) is 15.2. The number of hydrogen-bond acceptors (Lipinski definition) is 4. The highest BCUT2D eigenvalue weighted by atomic mass is 16.3. The lowest BCUT2D eigenvalue weighted by Gasteiger charge is -2.12. The molecule has 0 aliphatic rings. The summed E-state index contributed by atoms with van der Waals surface area (Å²) in [5.74, 6) is 0. The second-order valence-corrected chi connectivity index (χ2v) is 15.0. The number of nitriles is 2. The van der Waals surface area contributed by atoms with Crippen LogP contribution in [0.25, 0.3) is 111 Å². The summed E-state index contributed by atoms with van der Waals surface area (Å²) in [6, 6.07) is 70.8. The van der Waals surface area contributed by atoms with Crippen LogP contribution in [0.4, 0.5) is 0 Å². The summed E-state index contributed by atoms with van der Waals surface area (Å²) in [7, 11) is 0. The van der Waals surface area contributed by atoms with Crippen molar-refractivity contribution in [3.8, 4) is 78.9 Å². The molecule has 0 atom stereocenters. The average Bonchev–Trinajstić information content (AvgIpc) is 3.90. The zero-order chi connectivity index (χ0) is 40.2. The SMILES string of the molecule is N#Cc1cc(-c2cccc3c2oc2ccccc23)ccc1-c1cccc(-c2cccc(-c3cccc(-c4ccc(-c5cccc6c5oc5ccccc56)cc4C#N)c3)c2)c1. The standard InChI is InChI=1S/C56H32N2O2/c57-33-43-31-41(47-18-8-20-51-49-16-1-3-22-53(49)59-55(47)51)24-26-45(43)39-14-6-12-37(29-39)35-10-5-11-36(28-35)38-13-7-15-40(30-38)46-27-25-42(32-44(46)34-58)48-19-9-21-52-50-17-2-4-23-54(50)60-56(48)52/h1-32H. The number of benzene rings is 9. The Morgan fingerprint density at radius 1 is 0.283 bits per heavy atom. The predicted molar refractivity (Wildman–Crippen MR) is 243 cm³/mol. The van der Waals surface area contributed by atoms with Gasteiger partial charge >= 0.3 is 0 Å². The lowest BCUT2D eigenvalue weighted by atomic mass is 9.91. The Labute approximate surface area is 346 Å². The summed E-state index contributed by atoms with van der Waals surface area (Å²) in [5.41, 5.74) is 16.2. The quantitative estimate of drug-likeness (QED) is 0.169. The van der Waals surface area contributed by atoms with E-state index in [1.807, 2.05) is 97.1 Å². The van der Waals surface area contributed by atoms with Crippen LogP contribution in [0.1, 0.15) is 11.1 Å². The molecule has 9 aromatic carbocycles. The summed E-state index contributed by atoms with van der Waals surface area (Å²) < 4.78 is 12.6. The van der Waals surface area contributed by atoms with Crippen LogP contribution in [-0.4, -0.2) is 0 Å². The Hall–Kier alpha value is -8.44. The van der Waals surface area contributed by atoms with Crippen LogP contribution in [0, 0.1) is 22.7 Å². The number of para-hydroxylation sites is 4. The largest absolute Gasteiger partial charge is 0.455 e. The molecule has 0 saturated carbocycles. The smallest absolute Gasteiger partial charge is 0.143 e. The van der Waals surface area contributed by atoms with Gasteiger partial charge in [-0.05, 0) is 98.1 Å². The van der Waals surface area contributed by atoms with Crippen LogP contribution in [-0.2, 0) is 0 Å². The fourth-order valence-corrected chi connectivity index (χ4v) is 8.67. The maximum Gasteiger partial charge on any atom is 0.143 e. The van der Waals surface area contributed by atoms with Crippen molar-refractivity contribution in [1.29, 1.82) is 10.5 Å². The number of nitrogens with zero attached hydrogens (tertiary/aromatic N) is 2. The minimum absolute atomic E-state index is 0.597. The summed E-state index contributed by atoms with van der Waals surface area (Å²) in [4.78, 5) is 0. The van der Waals surface area contributed by atoms with Gasteiger partial charge in [0, 0.05) is 32.7 Å². The van der Waals surface area contributed by atoms with Crippen molar-refractivity contribution in [1.82, 2.24) is 0 Å². The molecule has 0 saturated heterocycles. The fourth-order valence-electron chi connectivity index (χ4n) is 8.67. The molecule has 0 aliphatic heterocycles. The molecule has 2 heterocycles. The maximum absolute atomic E-state index is 10.4. The molecule has 11 rings (SSSR count). The molecule has 0 N–H and O–H groups in total. The van der Waals surface area contributed by atoms with Crippen molar-refractivity contribution < 1.29 is 8.83 Å². The van der Waals surface area contributed by atoms with Gasteiger partial charge < -0.3 is 8.83 Å². The van der Waals surface area contributed by atoms with Gasteiger partial charge in [-0.15, -0.1) is 0 Å². The van der Waals surface area contributed by atoms with Crippen molar-refractivity contribution in [3.05, 3.63) is 205 Å². The van der Waals surface area contributed by atoms with Gasteiger partial charge in [0.05, 0.1) is 23.3 Å². The van der Waals surface area contributed by atoms with Gasteiger partial charge in [0.15, 0.2) is 0 Å². The first kappa shape index (κ1) is 34.8. The maximum atomic E-state index is 10.4. The van der Waals surface area contributed by atoms with E-state index in [9.17, 15) is 10.5 Å². The molecule has 0 spiro atoms. The first-order valence-corrected chi connectivity index (χ1v) is 19.8. The van der Waals surface area contributed by atoms with E-state index in [4.69, 9.17) is 8.83 Å². The van der Waals surface area contributed by atoms with E-state index in [2.05, 4.69) is 109 Å². The van der Waals surface area contributed by atoms with Crippen LogP contribution in [0.5, 0.6) is 0 Å². The normalized spacial score (nSPS) is 11.3. The van der Waals surface area contributed by atoms with E-state index in [0.717, 1.165) is 111 Å². The topological polar surface area (TPSA) is 73.9 Å². The van der Waals surface area contributed by atoms with Gasteiger partial charge in [0.1, 0.15) is 22.3 Å². The minimum atomic E-state index is 0.597. The summed E-state index contributed by atoms with van der Waals surface area (Å²) in [6.07, 6.45) is 0. The van der Waals surface area contributed by atoms with E-state index in [1.165, 1.54) is 0 Å². The third-order valence-electron chi connectivity index (χ3n) is 11.6. The molecule has 60 heavy (non-hydrogen) atoms. The van der Waals surface area contributed by atoms with Gasteiger partial charge in [0.2, 0.25) is 0 Å². The average molecular weight is 765 g/mol. The van der Waals surface area contributed by atoms with Crippen LogP contribution >= 0.6 is 0 Å². The van der Waals surface area contributed by atoms with Crippen molar-refractivity contribution in [2.75, 3.05) is 0 Å². The van der Waals surface area contributed by atoms with Gasteiger partial charge in [-0.25, -0.2) is 0 Å². The third kappa shape index (κ3) is 5.83. The third-order valence-corrected chi connectivity index (χ3v) is 11.6. The summed E-state index contributed by atoms with van der Waals surface area (Å²) in [5, 5.41) is 25.1. The molecule has 4 heteroatoms. The Morgan fingerprint density at radius 3 is 1.07 bits per heavy atom. The summed E-state index contributed by atoms with van der Waals surface area (Å²) >= 11 is 0. The van der Waals surface area contributed by atoms with Crippen LogP contribution < -0.4 is 0 Å². The molecule has 2 aromatic heterocycles. The van der Waals surface area contributed by atoms with Gasteiger partial charge in [0.25, 0.3) is 0 Å². The number of hydrogen-bond donors (Lipinski definition) is 0. The summed E-state index contributed by atoms with van der Waals surface area (Å²) in [6.45, 7) is 0. The molecule has 0 bridgehead atoms. The number of furan rings is 2. The van der Waals surface area contributed by atoms with E-state index in [0.29, 0.717) is 11.1 Å². The van der Waals surface area contributed by atoms with E-state index < -0.39 is 0 Å². The van der Waals surface area contributed by atoms with Gasteiger partial charge in [-0.2, -0.15) is 10.5 Å². The highest BCUT2D eigenvalue weighted by Gasteiger charge is 2.17. The van der Waals surface area contributed by atoms with Crippen LogP contribution in [0.15, 0.2) is 203 Å². The van der Waals surface area contributed by atoms with Crippen molar-refractivity contribution in [2.24, 2.45) is 0 Å². The number of rotatable bonds is 6. The second kappa shape index (κ2) is 14.2. The first-order chi connectivity index (χ1) is 29.6. The Morgan fingerprint density at radius 2 is 0.633 bits per heavy atom. The molecular weight excluding hydrogens is 733 g/mol. The number of fused-ring (bicyclic) bond motifs is 6. The molecule has 11 aromatic rings. The van der Waals surface area contributed by atoms with Crippen molar-refractivity contribution in [2.45, 2.75) is 0 Å². The fraction of sp³-hybridized carbons (Fsp3) is 0. The highest BCUT2D eigenvalue weighted by Crippen LogP contribution is 2.40. The first-order valence-electron chi connectivity index (χ1n) is 19.8. The Kier molecular flexibility index (Phi) is 8.22. The Bertz CT molecular complexity index is 3360. The highest BCUT2D eigenvalue weighted by molar-refractivity contribution is 6.10. The molecule has 0 unspecified atom stereocenters. The monoisotopic (exact) mass is 764 g/mol. The van der Waals surface area contributed by atoms with Gasteiger partial charge in [-0.1, -0.05) is 152 Å². The van der Waals surface area contributed by atoms with E-state index in [-0.39, 0.29) is 0 Å². The molecular formula is C56H32N2O2. The van der Waals surface area contributed by atoms with Crippen molar-refractivity contribution >= 4 is 43.9 Å². The lowest BCUT2D eigenvalue weighted by molar-refractivity contribution is 0.669. The Balaban J connectivity index is 0.903. The zero-order valence-corrected chi connectivity index (χ0v) is 32.2. The van der Waals surface area contributed by atoms with E-state index >= 15 is 0 Å². The molecule has 0 amide bonds. The molecule has 0 aliphatic carbocycles. The molecule has 0 fully saturated rings. The zero-order valence-electron chi connectivity index (χ0n) is 32.2. The van der Waals surface area contributed by atoms with Crippen LogP contribution in [0.2, 0.25) is 0 Å².